The molecule has 15 rings (SSSR count). The van der Waals surface area contributed by atoms with E-state index in [-0.39, 0.29) is 5.41 Å². The monoisotopic (exact) mass is 964 g/mol. The number of hydrogen-bond donors (Lipinski definition) is 0. The van der Waals surface area contributed by atoms with Crippen molar-refractivity contribution in [2.24, 2.45) is 0 Å². The topological polar surface area (TPSA) is 34.5 Å². The Bertz CT molecular complexity index is 4580. The number of terminal acetylenes is 1. The summed E-state index contributed by atoms with van der Waals surface area (Å²) in [7, 11) is 0. The fourth-order valence-electron chi connectivity index (χ4n) is 13.6. The molecule has 3 aliphatic rings. The number of furan rings is 2. The van der Waals surface area contributed by atoms with E-state index in [4.69, 9.17) is 15.3 Å². The van der Waals surface area contributed by atoms with E-state index in [1.165, 1.54) is 87.0 Å². The van der Waals surface area contributed by atoms with Crippen LogP contribution in [0.15, 0.2) is 215 Å². The number of anilines is 2. The van der Waals surface area contributed by atoms with Gasteiger partial charge in [-0.15, -0.1) is 6.42 Å². The molecule has 1 spiro atoms. The quantitative estimate of drug-likeness (QED) is 0.156. The first-order valence-corrected chi connectivity index (χ1v) is 26.7. The van der Waals surface area contributed by atoms with Crippen molar-refractivity contribution in [1.82, 2.24) is 4.57 Å². The molecule has 1 fully saturated rings. The first-order valence-electron chi connectivity index (χ1n) is 26.7. The standard InChI is InChI=1S/C71H52N2O2/c1-3-60(69-57-44-48(35-40-66(57)74-64(69)4-2)47-34-38-61-56(43-47)67-51-22-10-9-19-45(51)33-39-63(67)73(61)49-20-7-5-8-21-49)72(62-29-18-28-59-68(62)55-24-11-13-27-58(55)71(59)41-15-6-16-42-71)50-36-31-46(32-37-50)52-25-17-26-54-53-23-12-14-30-65(53)75-70(52)54/h1,4-5,7-10,12-14,17-23,25-40,43-44H,6,11,15-16,24,41-42H2,2H3/b64-4+,69-60+. The van der Waals surface area contributed by atoms with Gasteiger partial charge in [0.1, 0.15) is 27.9 Å². The van der Waals surface area contributed by atoms with Crippen LogP contribution in [0.2, 0.25) is 0 Å². The number of benzene rings is 9. The van der Waals surface area contributed by atoms with E-state index in [2.05, 4.69) is 210 Å². The van der Waals surface area contributed by atoms with E-state index in [1.54, 1.807) is 0 Å². The van der Waals surface area contributed by atoms with Gasteiger partial charge >= 0.3 is 0 Å². The Kier molecular flexibility index (Phi) is 9.88. The average molecular weight is 965 g/mol. The lowest BCUT2D eigenvalue weighted by Crippen LogP contribution is -2.31. The zero-order valence-electron chi connectivity index (χ0n) is 41.9. The number of aromatic nitrogens is 1. The van der Waals surface area contributed by atoms with Crippen LogP contribution in [-0.2, 0) is 5.41 Å². The first-order chi connectivity index (χ1) is 37.1. The summed E-state index contributed by atoms with van der Waals surface area (Å²) in [5.41, 5.74) is 19.8. The maximum absolute atomic E-state index is 7.03. The Morgan fingerprint density at radius 2 is 1.35 bits per heavy atom. The number of rotatable bonds is 6. The number of hydrogen-bond acceptors (Lipinski definition) is 3. The molecule has 0 aliphatic heterocycles. The third kappa shape index (κ3) is 6.50. The molecule has 3 aromatic heterocycles. The lowest BCUT2D eigenvalue weighted by Gasteiger charge is -2.37. The van der Waals surface area contributed by atoms with E-state index >= 15 is 0 Å². The summed E-state index contributed by atoms with van der Waals surface area (Å²) in [6.45, 7) is 2.05. The second kappa shape index (κ2) is 17.0. The third-order valence-corrected chi connectivity index (χ3v) is 16.9. The predicted molar refractivity (Wildman–Crippen MR) is 313 cm³/mol. The molecule has 0 atom stereocenters. The van der Waals surface area contributed by atoms with Crippen LogP contribution in [0.25, 0.3) is 111 Å². The van der Waals surface area contributed by atoms with Gasteiger partial charge < -0.3 is 18.3 Å². The summed E-state index contributed by atoms with van der Waals surface area (Å²) in [4.78, 5) is 2.37. The van der Waals surface area contributed by atoms with Crippen LogP contribution >= 0.6 is 0 Å². The van der Waals surface area contributed by atoms with E-state index in [9.17, 15) is 0 Å². The van der Waals surface area contributed by atoms with Crippen LogP contribution in [0.3, 0.4) is 0 Å². The molecule has 0 amide bonds. The molecule has 0 unspecified atom stereocenters. The summed E-state index contributed by atoms with van der Waals surface area (Å²) in [6.07, 6.45) is 22.1. The molecule has 0 saturated heterocycles. The van der Waals surface area contributed by atoms with Crippen molar-refractivity contribution in [3.63, 3.8) is 0 Å². The van der Waals surface area contributed by atoms with Crippen molar-refractivity contribution in [2.75, 3.05) is 4.90 Å². The van der Waals surface area contributed by atoms with Gasteiger partial charge in [-0.3, -0.25) is 0 Å². The summed E-state index contributed by atoms with van der Waals surface area (Å²) >= 11 is 0. The fourth-order valence-corrected chi connectivity index (χ4v) is 13.6. The van der Waals surface area contributed by atoms with Gasteiger partial charge in [-0.2, -0.15) is 0 Å². The maximum atomic E-state index is 7.03. The number of nitrogens with zero attached hydrogens (tertiary/aromatic N) is 2. The van der Waals surface area contributed by atoms with Gasteiger partial charge in [0, 0.05) is 54.8 Å². The van der Waals surface area contributed by atoms with Crippen LogP contribution in [0.5, 0.6) is 0 Å². The van der Waals surface area contributed by atoms with E-state index in [0.29, 0.717) is 0 Å². The van der Waals surface area contributed by atoms with Crippen LogP contribution in [-0.4, -0.2) is 4.57 Å². The lowest BCUT2D eigenvalue weighted by molar-refractivity contribution is 0.350. The van der Waals surface area contributed by atoms with Gasteiger partial charge in [0.15, 0.2) is 0 Å². The van der Waals surface area contributed by atoms with Gasteiger partial charge in [-0.25, -0.2) is 0 Å². The van der Waals surface area contributed by atoms with Gasteiger partial charge in [0.25, 0.3) is 0 Å². The highest BCUT2D eigenvalue weighted by atomic mass is 16.3. The molecule has 0 bridgehead atoms. The Hall–Kier alpha value is -9.04. The van der Waals surface area contributed by atoms with E-state index in [1.807, 2.05) is 19.1 Å². The molecular weight excluding hydrogens is 913 g/mol. The van der Waals surface area contributed by atoms with Crippen molar-refractivity contribution < 1.29 is 8.83 Å². The van der Waals surface area contributed by atoms with Crippen molar-refractivity contribution >= 4 is 94.2 Å². The second-order valence-electron chi connectivity index (χ2n) is 20.8. The SMILES string of the molecule is C#C/C(=c1\c(=C/C)oc2ccc(-c3ccc4c(c3)c3c5ccccc5ccc3n4-c3ccccc3)cc12)N(c1ccc(-c2cccc3c2oc2ccccc23)cc1)c1cccc2c1C1=C(C=CCC1)C21CCCCC1. The van der Waals surface area contributed by atoms with Gasteiger partial charge in [0.05, 0.1) is 21.9 Å². The van der Waals surface area contributed by atoms with Gasteiger partial charge in [0.2, 0.25) is 0 Å². The van der Waals surface area contributed by atoms with E-state index < -0.39 is 0 Å². The highest BCUT2D eigenvalue weighted by Crippen LogP contribution is 2.59. The van der Waals surface area contributed by atoms with Crippen molar-refractivity contribution in [3.05, 3.63) is 228 Å². The molecule has 358 valence electrons. The summed E-state index contributed by atoms with van der Waals surface area (Å²) in [6, 6.07) is 68.1. The number of fused-ring (bicyclic) bond motifs is 13. The molecule has 0 radical (unpaired) electrons. The lowest BCUT2D eigenvalue weighted by atomic mass is 9.66. The largest absolute Gasteiger partial charge is 0.456 e. The number of para-hydroxylation sites is 3. The Balaban J connectivity index is 0.961. The molecule has 9 aromatic carbocycles. The molecule has 4 nitrogen and oxygen atoms in total. The maximum Gasteiger partial charge on any atom is 0.143 e. The van der Waals surface area contributed by atoms with Gasteiger partial charge in [-0.1, -0.05) is 159 Å². The summed E-state index contributed by atoms with van der Waals surface area (Å²) in [5, 5.41) is 9.03. The minimum Gasteiger partial charge on any atom is -0.456 e. The zero-order valence-corrected chi connectivity index (χ0v) is 41.9. The minimum absolute atomic E-state index is 0.00727. The molecule has 12 aromatic rings. The highest BCUT2D eigenvalue weighted by molar-refractivity contribution is 6.22. The van der Waals surface area contributed by atoms with Crippen molar-refractivity contribution in [2.45, 2.75) is 57.3 Å². The molecule has 75 heavy (non-hydrogen) atoms. The smallest absolute Gasteiger partial charge is 0.143 e. The third-order valence-electron chi connectivity index (χ3n) is 16.9. The average Bonchev–Trinajstić information content (AvgIpc) is 4.22. The Morgan fingerprint density at radius 1 is 0.627 bits per heavy atom. The van der Waals surface area contributed by atoms with Crippen LogP contribution in [0.1, 0.15) is 63.0 Å². The molecule has 4 heteroatoms. The van der Waals surface area contributed by atoms with Crippen molar-refractivity contribution in [3.8, 4) is 40.3 Å². The second-order valence-corrected chi connectivity index (χ2v) is 20.8. The predicted octanol–water partition coefficient (Wildman–Crippen LogP) is 17.6. The van der Waals surface area contributed by atoms with Crippen LogP contribution in [0.4, 0.5) is 11.4 Å². The number of allylic oxidation sites excluding steroid dienone is 4. The zero-order chi connectivity index (χ0) is 49.8. The Labute approximate surface area is 435 Å². The molecule has 3 aliphatic carbocycles. The minimum atomic E-state index is 0.00727. The van der Waals surface area contributed by atoms with Crippen LogP contribution in [0, 0.1) is 12.3 Å². The molecule has 1 saturated carbocycles. The van der Waals surface area contributed by atoms with Crippen LogP contribution < -0.4 is 15.5 Å². The van der Waals surface area contributed by atoms with Gasteiger partial charge in [-0.05, 0) is 150 Å². The Morgan fingerprint density at radius 3 is 2.19 bits per heavy atom. The molecule has 3 heterocycles. The summed E-state index contributed by atoms with van der Waals surface area (Å²) < 4.78 is 15.8. The first kappa shape index (κ1) is 43.5. The summed E-state index contributed by atoms with van der Waals surface area (Å²) in [5.74, 6) is 3.34. The fraction of sp³-hybridized carbons (Fsp3) is 0.127. The molecular formula is C71H52N2O2. The van der Waals surface area contributed by atoms with E-state index in [0.717, 1.165) is 101 Å². The molecule has 0 N–H and O–H groups in total. The van der Waals surface area contributed by atoms with Crippen molar-refractivity contribution in [1.29, 1.82) is 0 Å². The highest BCUT2D eigenvalue weighted by Gasteiger charge is 2.46. The normalized spacial score (nSPS) is 15.7.